The van der Waals surface area contributed by atoms with E-state index in [0.717, 1.165) is 26.9 Å². The zero-order chi connectivity index (χ0) is 24.8. The van der Waals surface area contributed by atoms with E-state index in [1.807, 2.05) is 36.4 Å². The maximum absolute atomic E-state index is 13.4. The molecule has 0 bridgehead atoms. The maximum Gasteiger partial charge on any atom is 0.343 e. The van der Waals surface area contributed by atoms with Crippen LogP contribution >= 0.6 is 15.9 Å². The molecular formula is C27H20BrFN2O4. The van der Waals surface area contributed by atoms with E-state index in [1.54, 1.807) is 12.1 Å². The Balaban J connectivity index is 1.41. The molecule has 4 aromatic carbocycles. The average molecular weight is 535 g/mol. The summed E-state index contributed by atoms with van der Waals surface area (Å²) in [4.78, 5) is 24.7. The van der Waals surface area contributed by atoms with Gasteiger partial charge in [-0.25, -0.2) is 14.6 Å². The van der Waals surface area contributed by atoms with E-state index in [1.165, 1.54) is 37.6 Å². The molecule has 0 saturated heterocycles. The Morgan fingerprint density at radius 1 is 0.971 bits per heavy atom. The predicted octanol–water partition coefficient (Wildman–Crippen LogP) is 5.66. The van der Waals surface area contributed by atoms with Crippen LogP contribution < -0.4 is 14.9 Å². The van der Waals surface area contributed by atoms with Crippen molar-refractivity contribution in [1.29, 1.82) is 0 Å². The van der Waals surface area contributed by atoms with Crippen molar-refractivity contribution < 1.29 is 23.5 Å². The number of nitrogens with one attached hydrogen (secondary N) is 1. The molecule has 4 aromatic rings. The third-order valence-corrected chi connectivity index (χ3v) is 5.86. The molecule has 4 rings (SSSR count). The molecular weight excluding hydrogens is 515 g/mol. The second-order valence-electron chi connectivity index (χ2n) is 7.53. The number of fused-ring (bicyclic) bond motifs is 1. The van der Waals surface area contributed by atoms with Crippen LogP contribution in [0.4, 0.5) is 4.39 Å². The van der Waals surface area contributed by atoms with Crippen molar-refractivity contribution in [1.82, 2.24) is 5.43 Å². The topological polar surface area (TPSA) is 77.0 Å². The highest BCUT2D eigenvalue weighted by atomic mass is 79.9. The summed E-state index contributed by atoms with van der Waals surface area (Å²) in [5.74, 6) is -1.05. The first-order chi connectivity index (χ1) is 16.9. The quantitative estimate of drug-likeness (QED) is 0.143. The SMILES string of the molecule is COc1cc(C=NNC(=O)Cc2ccc(Br)c3ccccc23)ccc1OC(=O)c1cccc(F)c1. The Morgan fingerprint density at radius 2 is 1.77 bits per heavy atom. The number of amides is 1. The summed E-state index contributed by atoms with van der Waals surface area (Å²) >= 11 is 3.53. The van der Waals surface area contributed by atoms with Crippen LogP contribution in [-0.4, -0.2) is 25.2 Å². The first-order valence-electron chi connectivity index (χ1n) is 10.6. The fraction of sp³-hybridized carbons (Fsp3) is 0.0741. The lowest BCUT2D eigenvalue weighted by molar-refractivity contribution is -0.120. The minimum Gasteiger partial charge on any atom is -0.493 e. The summed E-state index contributed by atoms with van der Waals surface area (Å²) in [5.41, 5.74) is 4.11. The maximum atomic E-state index is 13.4. The van der Waals surface area contributed by atoms with Crippen LogP contribution in [0, 0.1) is 5.82 Å². The summed E-state index contributed by atoms with van der Waals surface area (Å²) in [5, 5.41) is 6.05. The highest BCUT2D eigenvalue weighted by Crippen LogP contribution is 2.29. The summed E-state index contributed by atoms with van der Waals surface area (Å²) in [7, 11) is 1.43. The molecule has 0 heterocycles. The highest BCUT2D eigenvalue weighted by Gasteiger charge is 2.14. The van der Waals surface area contributed by atoms with Crippen molar-refractivity contribution in [2.24, 2.45) is 5.10 Å². The summed E-state index contributed by atoms with van der Waals surface area (Å²) < 4.78 is 25.0. The average Bonchev–Trinajstić information content (AvgIpc) is 2.86. The number of carbonyl (C=O) groups is 2. The van der Waals surface area contributed by atoms with E-state index in [9.17, 15) is 14.0 Å². The number of hydrazone groups is 1. The minimum atomic E-state index is -0.711. The molecule has 0 aliphatic rings. The van der Waals surface area contributed by atoms with Crippen molar-refractivity contribution >= 4 is 44.8 Å². The number of esters is 1. The van der Waals surface area contributed by atoms with Gasteiger partial charge in [0.15, 0.2) is 11.5 Å². The van der Waals surface area contributed by atoms with Crippen molar-refractivity contribution in [3.05, 3.63) is 106 Å². The predicted molar refractivity (Wildman–Crippen MR) is 135 cm³/mol. The molecule has 0 atom stereocenters. The fourth-order valence-corrected chi connectivity index (χ4v) is 3.97. The number of rotatable bonds is 7. The van der Waals surface area contributed by atoms with Gasteiger partial charge in [-0.1, -0.05) is 52.3 Å². The number of benzene rings is 4. The van der Waals surface area contributed by atoms with Gasteiger partial charge in [-0.05, 0) is 64.4 Å². The van der Waals surface area contributed by atoms with E-state index in [-0.39, 0.29) is 29.4 Å². The summed E-state index contributed by atoms with van der Waals surface area (Å²) in [6, 6.07) is 21.7. The van der Waals surface area contributed by atoms with E-state index in [4.69, 9.17) is 9.47 Å². The number of hydrogen-bond acceptors (Lipinski definition) is 5. The van der Waals surface area contributed by atoms with E-state index < -0.39 is 11.8 Å². The lowest BCUT2D eigenvalue weighted by Crippen LogP contribution is -2.19. The Morgan fingerprint density at radius 3 is 2.54 bits per heavy atom. The Kier molecular flexibility index (Phi) is 7.52. The second-order valence-corrected chi connectivity index (χ2v) is 8.39. The molecule has 176 valence electrons. The lowest BCUT2D eigenvalue weighted by atomic mass is 10.0. The Hall–Kier alpha value is -4.04. The van der Waals surface area contributed by atoms with E-state index >= 15 is 0 Å². The van der Waals surface area contributed by atoms with Crippen LogP contribution in [0.5, 0.6) is 11.5 Å². The van der Waals surface area contributed by atoms with Gasteiger partial charge < -0.3 is 9.47 Å². The molecule has 0 aliphatic carbocycles. The minimum absolute atomic E-state index is 0.0824. The van der Waals surface area contributed by atoms with Gasteiger partial charge in [-0.3, -0.25) is 4.79 Å². The van der Waals surface area contributed by atoms with Gasteiger partial charge in [-0.2, -0.15) is 5.10 Å². The molecule has 0 fully saturated rings. The molecule has 1 N–H and O–H groups in total. The number of carbonyl (C=O) groups excluding carboxylic acids is 2. The summed E-state index contributed by atoms with van der Waals surface area (Å²) in [6.45, 7) is 0. The number of halogens is 2. The van der Waals surface area contributed by atoms with Gasteiger partial charge in [-0.15, -0.1) is 0 Å². The molecule has 0 radical (unpaired) electrons. The van der Waals surface area contributed by atoms with E-state index in [0.29, 0.717) is 5.56 Å². The van der Waals surface area contributed by atoms with Crippen LogP contribution in [0.3, 0.4) is 0 Å². The normalized spacial score (nSPS) is 10.9. The molecule has 0 saturated carbocycles. The fourth-order valence-electron chi connectivity index (χ4n) is 3.49. The standard InChI is InChI=1S/C27H20BrFN2O4/c1-34-25-13-17(9-12-24(25)35-27(33)19-5-4-6-20(29)14-19)16-30-31-26(32)15-18-10-11-23(28)22-8-3-2-7-21(18)22/h2-14,16H,15H2,1H3,(H,31,32). The van der Waals surface area contributed by atoms with Gasteiger partial charge >= 0.3 is 5.97 Å². The Bertz CT molecular complexity index is 1440. The zero-order valence-electron chi connectivity index (χ0n) is 18.6. The highest BCUT2D eigenvalue weighted by molar-refractivity contribution is 9.10. The number of ether oxygens (including phenoxy) is 2. The molecule has 0 unspecified atom stereocenters. The first-order valence-corrected chi connectivity index (χ1v) is 11.4. The van der Waals surface area contributed by atoms with Crippen LogP contribution in [-0.2, 0) is 11.2 Å². The van der Waals surface area contributed by atoms with Crippen LogP contribution in [0.1, 0.15) is 21.5 Å². The third kappa shape index (κ3) is 5.91. The number of methoxy groups -OCH3 is 1. The van der Waals surface area contributed by atoms with Gasteiger partial charge in [0.1, 0.15) is 5.82 Å². The van der Waals surface area contributed by atoms with Gasteiger partial charge in [0, 0.05) is 4.47 Å². The monoisotopic (exact) mass is 534 g/mol. The molecule has 0 spiro atoms. The lowest BCUT2D eigenvalue weighted by Gasteiger charge is -2.10. The molecule has 0 aliphatic heterocycles. The zero-order valence-corrected chi connectivity index (χ0v) is 20.2. The van der Waals surface area contributed by atoms with E-state index in [2.05, 4.69) is 26.5 Å². The largest absolute Gasteiger partial charge is 0.493 e. The van der Waals surface area contributed by atoms with Crippen molar-refractivity contribution in [2.75, 3.05) is 7.11 Å². The molecule has 35 heavy (non-hydrogen) atoms. The van der Waals surface area contributed by atoms with Gasteiger partial charge in [0.25, 0.3) is 0 Å². The van der Waals surface area contributed by atoms with Crippen LogP contribution in [0.25, 0.3) is 10.8 Å². The van der Waals surface area contributed by atoms with Crippen LogP contribution in [0.2, 0.25) is 0 Å². The number of nitrogens with zero attached hydrogens (tertiary/aromatic N) is 1. The molecule has 8 heteroatoms. The summed E-state index contributed by atoms with van der Waals surface area (Å²) in [6.07, 6.45) is 1.63. The van der Waals surface area contributed by atoms with Gasteiger partial charge in [0.2, 0.25) is 5.91 Å². The van der Waals surface area contributed by atoms with Crippen LogP contribution in [0.15, 0.2) is 88.4 Å². The molecule has 0 aromatic heterocycles. The second kappa shape index (κ2) is 10.9. The van der Waals surface area contributed by atoms with Crippen molar-refractivity contribution in [3.63, 3.8) is 0 Å². The smallest absolute Gasteiger partial charge is 0.343 e. The van der Waals surface area contributed by atoms with Crippen molar-refractivity contribution in [3.8, 4) is 11.5 Å². The Labute approximate surface area is 209 Å². The number of hydrogen-bond donors (Lipinski definition) is 1. The molecule has 6 nitrogen and oxygen atoms in total. The van der Waals surface area contributed by atoms with Gasteiger partial charge in [0.05, 0.1) is 25.3 Å². The molecule has 1 amide bonds. The first kappa shape index (κ1) is 24.1. The van der Waals surface area contributed by atoms with Crippen molar-refractivity contribution in [2.45, 2.75) is 6.42 Å². The third-order valence-electron chi connectivity index (χ3n) is 5.17.